The summed E-state index contributed by atoms with van der Waals surface area (Å²) in [7, 11) is 0. The SMILES string of the molecule is C[C@H]1CCN(C(C)(C)C)C[C@H]1O. The Morgan fingerprint density at radius 1 is 1.33 bits per heavy atom. The average Bonchev–Trinajstić information content (AvgIpc) is 1.92. The number of hydrogen-bond acceptors (Lipinski definition) is 2. The Morgan fingerprint density at radius 2 is 1.92 bits per heavy atom. The smallest absolute Gasteiger partial charge is 0.0693 e. The molecule has 0 aromatic carbocycles. The van der Waals surface area contributed by atoms with Crippen molar-refractivity contribution in [3.05, 3.63) is 0 Å². The van der Waals surface area contributed by atoms with E-state index >= 15 is 0 Å². The summed E-state index contributed by atoms with van der Waals surface area (Å²) in [6.07, 6.45) is 0.997. The number of aliphatic hydroxyl groups excluding tert-OH is 1. The van der Waals surface area contributed by atoms with Gasteiger partial charge in [-0.25, -0.2) is 0 Å². The molecule has 0 amide bonds. The van der Waals surface area contributed by atoms with Crippen LogP contribution in [0.1, 0.15) is 34.1 Å². The summed E-state index contributed by atoms with van der Waals surface area (Å²) in [6.45, 7) is 10.7. The zero-order chi connectivity index (χ0) is 9.35. The maximum absolute atomic E-state index is 9.67. The van der Waals surface area contributed by atoms with Crippen LogP contribution in [0.5, 0.6) is 0 Å². The Morgan fingerprint density at radius 3 is 2.33 bits per heavy atom. The summed E-state index contributed by atoms with van der Waals surface area (Å²) in [4.78, 5) is 2.36. The van der Waals surface area contributed by atoms with E-state index in [-0.39, 0.29) is 11.6 Å². The second-order valence-corrected chi connectivity index (χ2v) is 4.95. The molecule has 0 aromatic heterocycles. The number of likely N-dealkylation sites (tertiary alicyclic amines) is 1. The lowest BCUT2D eigenvalue weighted by atomic mass is 9.92. The highest BCUT2D eigenvalue weighted by Crippen LogP contribution is 2.23. The van der Waals surface area contributed by atoms with E-state index in [4.69, 9.17) is 0 Å². The van der Waals surface area contributed by atoms with Crippen LogP contribution in [-0.4, -0.2) is 34.7 Å². The van der Waals surface area contributed by atoms with E-state index in [1.807, 2.05) is 0 Å². The normalized spacial score (nSPS) is 33.8. The van der Waals surface area contributed by atoms with Gasteiger partial charge in [0, 0.05) is 12.1 Å². The van der Waals surface area contributed by atoms with Gasteiger partial charge in [-0.05, 0) is 39.7 Å². The van der Waals surface area contributed by atoms with Crippen LogP contribution in [0.15, 0.2) is 0 Å². The molecule has 1 aliphatic heterocycles. The molecule has 1 heterocycles. The second kappa shape index (κ2) is 3.35. The minimum absolute atomic E-state index is 0.127. The van der Waals surface area contributed by atoms with Gasteiger partial charge in [0.2, 0.25) is 0 Å². The summed E-state index contributed by atoms with van der Waals surface area (Å²) < 4.78 is 0. The Kier molecular flexibility index (Phi) is 2.79. The van der Waals surface area contributed by atoms with Crippen LogP contribution in [0.25, 0.3) is 0 Å². The van der Waals surface area contributed by atoms with Crippen LogP contribution in [0, 0.1) is 5.92 Å². The maximum atomic E-state index is 9.67. The van der Waals surface area contributed by atoms with E-state index in [1.54, 1.807) is 0 Å². The Balaban J connectivity index is 2.51. The summed E-state index contributed by atoms with van der Waals surface area (Å²) in [5, 5.41) is 9.67. The molecule has 2 nitrogen and oxygen atoms in total. The molecule has 2 atom stereocenters. The maximum Gasteiger partial charge on any atom is 0.0693 e. The Bertz CT molecular complexity index is 150. The molecule has 2 heteroatoms. The lowest BCUT2D eigenvalue weighted by molar-refractivity contribution is -0.00914. The zero-order valence-electron chi connectivity index (χ0n) is 8.67. The first-order valence-corrected chi connectivity index (χ1v) is 4.84. The monoisotopic (exact) mass is 171 g/mol. The molecule has 0 aromatic rings. The standard InChI is InChI=1S/C10H21NO/c1-8-5-6-11(7-9(8)12)10(2,3)4/h8-9,12H,5-7H2,1-4H3/t8-,9+/m0/s1. The largest absolute Gasteiger partial charge is 0.392 e. The van der Waals surface area contributed by atoms with Crippen molar-refractivity contribution in [3.63, 3.8) is 0 Å². The Hall–Kier alpha value is -0.0800. The predicted molar refractivity (Wildman–Crippen MR) is 51.1 cm³/mol. The van der Waals surface area contributed by atoms with Gasteiger partial charge < -0.3 is 5.11 Å². The molecule has 0 aliphatic carbocycles. The molecule has 1 N–H and O–H groups in total. The molecular weight excluding hydrogens is 150 g/mol. The fraction of sp³-hybridized carbons (Fsp3) is 1.00. The topological polar surface area (TPSA) is 23.5 Å². The molecule has 0 radical (unpaired) electrons. The number of nitrogens with zero attached hydrogens (tertiary/aromatic N) is 1. The van der Waals surface area contributed by atoms with Gasteiger partial charge in [-0.3, -0.25) is 4.90 Å². The first-order valence-electron chi connectivity index (χ1n) is 4.84. The van der Waals surface area contributed by atoms with Crippen molar-refractivity contribution in [1.29, 1.82) is 0 Å². The van der Waals surface area contributed by atoms with Gasteiger partial charge in [0.05, 0.1) is 6.10 Å². The van der Waals surface area contributed by atoms with Crippen molar-refractivity contribution < 1.29 is 5.11 Å². The van der Waals surface area contributed by atoms with Crippen molar-refractivity contribution in [1.82, 2.24) is 4.90 Å². The van der Waals surface area contributed by atoms with E-state index in [0.29, 0.717) is 5.92 Å². The fourth-order valence-electron chi connectivity index (χ4n) is 1.66. The minimum atomic E-state index is -0.127. The van der Waals surface area contributed by atoms with Crippen LogP contribution in [0.4, 0.5) is 0 Å². The lowest BCUT2D eigenvalue weighted by Gasteiger charge is -2.42. The summed E-state index contributed by atoms with van der Waals surface area (Å²) in [5.41, 5.74) is 0.209. The van der Waals surface area contributed by atoms with Crippen molar-refractivity contribution in [2.24, 2.45) is 5.92 Å². The molecule has 1 fully saturated rings. The highest BCUT2D eigenvalue weighted by molar-refractivity contribution is 4.84. The summed E-state index contributed by atoms with van der Waals surface area (Å²) >= 11 is 0. The van der Waals surface area contributed by atoms with Gasteiger partial charge in [-0.2, -0.15) is 0 Å². The van der Waals surface area contributed by atoms with Crippen LogP contribution < -0.4 is 0 Å². The van der Waals surface area contributed by atoms with Crippen LogP contribution in [-0.2, 0) is 0 Å². The molecular formula is C10H21NO. The predicted octanol–water partition coefficient (Wildman–Crippen LogP) is 1.49. The summed E-state index contributed by atoms with van der Waals surface area (Å²) in [6, 6.07) is 0. The van der Waals surface area contributed by atoms with Crippen LogP contribution in [0.3, 0.4) is 0 Å². The molecule has 0 unspecified atom stereocenters. The lowest BCUT2D eigenvalue weighted by Crippen LogP contribution is -2.51. The Labute approximate surface area is 75.6 Å². The van der Waals surface area contributed by atoms with E-state index < -0.39 is 0 Å². The number of piperidine rings is 1. The van der Waals surface area contributed by atoms with E-state index in [2.05, 4.69) is 32.6 Å². The van der Waals surface area contributed by atoms with Crippen molar-refractivity contribution in [3.8, 4) is 0 Å². The van der Waals surface area contributed by atoms with Crippen molar-refractivity contribution in [2.45, 2.75) is 45.8 Å². The first-order chi connectivity index (χ1) is 5.41. The number of β-amino-alcohol motifs (C(OH)–C–C–N with tert-alkyl or cyclic N) is 1. The van der Waals surface area contributed by atoms with Gasteiger partial charge in [0.25, 0.3) is 0 Å². The van der Waals surface area contributed by atoms with Crippen LogP contribution >= 0.6 is 0 Å². The van der Waals surface area contributed by atoms with Crippen molar-refractivity contribution in [2.75, 3.05) is 13.1 Å². The molecule has 0 bridgehead atoms. The van der Waals surface area contributed by atoms with E-state index in [1.165, 1.54) is 0 Å². The highest BCUT2D eigenvalue weighted by atomic mass is 16.3. The third-order valence-electron chi connectivity index (χ3n) is 2.87. The van der Waals surface area contributed by atoms with Crippen LogP contribution in [0.2, 0.25) is 0 Å². The molecule has 0 spiro atoms. The van der Waals surface area contributed by atoms with Gasteiger partial charge in [-0.15, -0.1) is 0 Å². The second-order valence-electron chi connectivity index (χ2n) is 4.95. The van der Waals surface area contributed by atoms with Crippen molar-refractivity contribution >= 4 is 0 Å². The molecule has 1 saturated heterocycles. The van der Waals surface area contributed by atoms with Gasteiger partial charge in [0.15, 0.2) is 0 Å². The molecule has 72 valence electrons. The first kappa shape index (κ1) is 10.0. The third kappa shape index (κ3) is 2.20. The molecule has 12 heavy (non-hydrogen) atoms. The average molecular weight is 171 g/mol. The van der Waals surface area contributed by atoms with Gasteiger partial charge in [-0.1, -0.05) is 6.92 Å². The zero-order valence-corrected chi connectivity index (χ0v) is 8.67. The molecule has 1 rings (SSSR count). The molecule has 1 aliphatic rings. The number of aliphatic hydroxyl groups is 1. The quantitative estimate of drug-likeness (QED) is 0.597. The highest BCUT2D eigenvalue weighted by Gasteiger charge is 2.30. The number of rotatable bonds is 0. The molecule has 0 saturated carbocycles. The van der Waals surface area contributed by atoms with Gasteiger partial charge >= 0.3 is 0 Å². The van der Waals surface area contributed by atoms with E-state index in [0.717, 1.165) is 19.5 Å². The van der Waals surface area contributed by atoms with Gasteiger partial charge in [0.1, 0.15) is 0 Å². The third-order valence-corrected chi connectivity index (χ3v) is 2.87. The fourth-order valence-corrected chi connectivity index (χ4v) is 1.66. The number of hydrogen-bond donors (Lipinski definition) is 1. The minimum Gasteiger partial charge on any atom is -0.392 e. The summed E-state index contributed by atoms with van der Waals surface area (Å²) in [5.74, 6) is 0.476. The van der Waals surface area contributed by atoms with E-state index in [9.17, 15) is 5.11 Å².